The molecule has 2 aromatic rings. The maximum Gasteiger partial charge on any atom is -0.0219 e. The van der Waals surface area contributed by atoms with Gasteiger partial charge < -0.3 is 0 Å². The molecule has 0 spiro atoms. The Morgan fingerprint density at radius 2 is 1.84 bits per heavy atom. The van der Waals surface area contributed by atoms with Crippen molar-refractivity contribution in [2.45, 2.75) is 20.8 Å². The number of hydrogen-bond donors (Lipinski definition) is 0. The zero-order valence-corrected chi connectivity index (χ0v) is 11.9. The molecular weight excluding hydrogens is 228 g/mol. The summed E-state index contributed by atoms with van der Waals surface area (Å²) in [6, 6.07) is 15.0. The summed E-state index contributed by atoms with van der Waals surface area (Å²) >= 11 is 0. The van der Waals surface area contributed by atoms with Crippen LogP contribution in [-0.4, -0.2) is 0 Å². The van der Waals surface area contributed by atoms with Gasteiger partial charge in [-0.15, -0.1) is 0 Å². The van der Waals surface area contributed by atoms with Crippen molar-refractivity contribution in [2.24, 2.45) is 0 Å². The SMILES string of the molecule is C=Cc1ccc(C)c(/C=C(\C)c2cccc(C)c2)c1. The lowest BCUT2D eigenvalue weighted by Gasteiger charge is -2.06. The fourth-order valence-electron chi connectivity index (χ4n) is 2.15. The van der Waals surface area contributed by atoms with Gasteiger partial charge in [0.05, 0.1) is 0 Å². The summed E-state index contributed by atoms with van der Waals surface area (Å²) in [7, 11) is 0. The van der Waals surface area contributed by atoms with Crippen molar-refractivity contribution >= 4 is 17.7 Å². The number of benzene rings is 2. The fourth-order valence-corrected chi connectivity index (χ4v) is 2.15. The highest BCUT2D eigenvalue weighted by molar-refractivity contribution is 5.81. The summed E-state index contributed by atoms with van der Waals surface area (Å²) in [5, 5.41) is 0. The summed E-state index contributed by atoms with van der Waals surface area (Å²) < 4.78 is 0. The van der Waals surface area contributed by atoms with Gasteiger partial charge in [-0.25, -0.2) is 0 Å². The minimum Gasteiger partial charge on any atom is -0.0985 e. The second-order valence-corrected chi connectivity index (χ2v) is 5.02. The maximum atomic E-state index is 3.83. The molecule has 0 atom stereocenters. The average molecular weight is 248 g/mol. The van der Waals surface area contributed by atoms with Gasteiger partial charge in [0.1, 0.15) is 0 Å². The molecule has 19 heavy (non-hydrogen) atoms. The zero-order chi connectivity index (χ0) is 13.8. The van der Waals surface area contributed by atoms with Crippen LogP contribution in [0.2, 0.25) is 0 Å². The molecule has 0 N–H and O–H groups in total. The van der Waals surface area contributed by atoms with Gasteiger partial charge in [0, 0.05) is 0 Å². The van der Waals surface area contributed by atoms with E-state index < -0.39 is 0 Å². The quantitative estimate of drug-likeness (QED) is 0.628. The van der Waals surface area contributed by atoms with E-state index in [1.54, 1.807) is 0 Å². The minimum absolute atomic E-state index is 1.16. The Morgan fingerprint density at radius 1 is 1.05 bits per heavy atom. The highest BCUT2D eigenvalue weighted by Crippen LogP contribution is 2.21. The number of aryl methyl sites for hydroxylation is 2. The molecule has 0 aliphatic carbocycles. The molecule has 96 valence electrons. The Kier molecular flexibility index (Phi) is 4.01. The second-order valence-electron chi connectivity index (χ2n) is 5.02. The molecule has 2 rings (SSSR count). The predicted molar refractivity (Wildman–Crippen MR) is 86.0 cm³/mol. The molecule has 0 heteroatoms. The van der Waals surface area contributed by atoms with E-state index in [9.17, 15) is 0 Å². The Morgan fingerprint density at radius 3 is 2.53 bits per heavy atom. The van der Waals surface area contributed by atoms with Crippen LogP contribution in [-0.2, 0) is 0 Å². The Hall–Kier alpha value is -2.08. The van der Waals surface area contributed by atoms with E-state index >= 15 is 0 Å². The third-order valence-electron chi connectivity index (χ3n) is 3.38. The number of hydrogen-bond acceptors (Lipinski definition) is 0. The lowest BCUT2D eigenvalue weighted by atomic mass is 9.99. The van der Waals surface area contributed by atoms with Gasteiger partial charge in [-0.2, -0.15) is 0 Å². The minimum atomic E-state index is 1.16. The maximum absolute atomic E-state index is 3.83. The van der Waals surface area contributed by atoms with Crippen LogP contribution in [0, 0.1) is 13.8 Å². The fraction of sp³-hybridized carbons (Fsp3) is 0.158. The lowest BCUT2D eigenvalue weighted by Crippen LogP contribution is -1.85. The van der Waals surface area contributed by atoms with Crippen molar-refractivity contribution in [2.75, 3.05) is 0 Å². The van der Waals surface area contributed by atoms with Crippen LogP contribution in [0.15, 0.2) is 49.0 Å². The van der Waals surface area contributed by atoms with Crippen LogP contribution in [0.4, 0.5) is 0 Å². The summed E-state index contributed by atoms with van der Waals surface area (Å²) in [5.74, 6) is 0. The summed E-state index contributed by atoms with van der Waals surface area (Å²) in [5.41, 5.74) is 7.57. The van der Waals surface area contributed by atoms with Gasteiger partial charge >= 0.3 is 0 Å². The van der Waals surface area contributed by atoms with Crippen molar-refractivity contribution in [3.8, 4) is 0 Å². The van der Waals surface area contributed by atoms with Crippen molar-refractivity contribution in [1.82, 2.24) is 0 Å². The molecule has 0 amide bonds. The first-order valence-corrected chi connectivity index (χ1v) is 6.58. The van der Waals surface area contributed by atoms with Crippen LogP contribution in [0.25, 0.3) is 17.7 Å². The molecule has 0 heterocycles. The highest BCUT2D eigenvalue weighted by Gasteiger charge is 2.00. The lowest BCUT2D eigenvalue weighted by molar-refractivity contribution is 1.42. The van der Waals surface area contributed by atoms with Gasteiger partial charge in [0.15, 0.2) is 0 Å². The molecular formula is C19H20. The molecule has 0 aliphatic heterocycles. The van der Waals surface area contributed by atoms with Gasteiger partial charge in [-0.3, -0.25) is 0 Å². The monoisotopic (exact) mass is 248 g/mol. The molecule has 0 bridgehead atoms. The largest absolute Gasteiger partial charge is 0.0985 e. The average Bonchev–Trinajstić information content (AvgIpc) is 2.41. The number of rotatable bonds is 3. The molecule has 0 aliphatic rings. The van der Waals surface area contributed by atoms with E-state index in [-0.39, 0.29) is 0 Å². The first kappa shape index (κ1) is 13.4. The first-order chi connectivity index (χ1) is 9.10. The van der Waals surface area contributed by atoms with E-state index in [4.69, 9.17) is 0 Å². The number of allylic oxidation sites excluding steroid dienone is 1. The van der Waals surface area contributed by atoms with Gasteiger partial charge in [0.2, 0.25) is 0 Å². The molecule has 0 fully saturated rings. The van der Waals surface area contributed by atoms with Crippen molar-refractivity contribution in [1.29, 1.82) is 0 Å². The standard InChI is InChI=1S/C19H20/c1-5-17-10-9-15(3)19(13-17)12-16(4)18-8-6-7-14(2)11-18/h5-13H,1H2,2-4H3/b16-12+. The highest BCUT2D eigenvalue weighted by atomic mass is 14.0. The van der Waals surface area contributed by atoms with Crippen molar-refractivity contribution < 1.29 is 0 Å². The van der Waals surface area contributed by atoms with Crippen LogP contribution >= 0.6 is 0 Å². The molecule has 2 aromatic carbocycles. The van der Waals surface area contributed by atoms with E-state index in [1.807, 2.05) is 6.08 Å². The zero-order valence-electron chi connectivity index (χ0n) is 11.9. The van der Waals surface area contributed by atoms with Crippen molar-refractivity contribution in [3.63, 3.8) is 0 Å². The molecule has 0 unspecified atom stereocenters. The Labute approximate surface area is 116 Å². The Balaban J connectivity index is 2.43. The molecule has 0 saturated carbocycles. The molecule has 0 radical (unpaired) electrons. The van der Waals surface area contributed by atoms with Crippen LogP contribution < -0.4 is 0 Å². The summed E-state index contributed by atoms with van der Waals surface area (Å²) in [6.45, 7) is 10.3. The summed E-state index contributed by atoms with van der Waals surface area (Å²) in [4.78, 5) is 0. The predicted octanol–water partition coefficient (Wildman–Crippen LogP) is 5.51. The van der Waals surface area contributed by atoms with Crippen molar-refractivity contribution in [3.05, 3.63) is 76.9 Å². The topological polar surface area (TPSA) is 0 Å². The normalized spacial score (nSPS) is 11.4. The van der Waals surface area contributed by atoms with Gasteiger partial charge in [-0.05, 0) is 54.7 Å². The third kappa shape index (κ3) is 3.23. The van der Waals surface area contributed by atoms with E-state index in [0.717, 1.165) is 5.56 Å². The summed E-state index contributed by atoms with van der Waals surface area (Å²) in [6.07, 6.45) is 4.13. The van der Waals surface area contributed by atoms with E-state index in [0.29, 0.717) is 0 Å². The molecule has 0 aromatic heterocycles. The first-order valence-electron chi connectivity index (χ1n) is 6.58. The van der Waals surface area contributed by atoms with Crippen LogP contribution in [0.3, 0.4) is 0 Å². The third-order valence-corrected chi connectivity index (χ3v) is 3.38. The van der Waals surface area contributed by atoms with E-state index in [2.05, 4.69) is 75.9 Å². The molecule has 0 nitrogen and oxygen atoms in total. The Bertz CT molecular complexity index is 630. The second kappa shape index (κ2) is 5.71. The van der Waals surface area contributed by atoms with Crippen LogP contribution in [0.5, 0.6) is 0 Å². The van der Waals surface area contributed by atoms with Crippen LogP contribution in [0.1, 0.15) is 34.7 Å². The van der Waals surface area contributed by atoms with Gasteiger partial charge in [-0.1, -0.05) is 60.7 Å². The van der Waals surface area contributed by atoms with Gasteiger partial charge in [0.25, 0.3) is 0 Å². The smallest absolute Gasteiger partial charge is 0.0219 e. The molecule has 0 saturated heterocycles. The van der Waals surface area contributed by atoms with E-state index in [1.165, 1.54) is 27.8 Å².